The second kappa shape index (κ2) is 4.14. The summed E-state index contributed by atoms with van der Waals surface area (Å²) in [5.41, 5.74) is 4.27. The van der Waals surface area contributed by atoms with Gasteiger partial charge in [-0.15, -0.1) is 0 Å². The average molecular weight is 291 g/mol. The van der Waals surface area contributed by atoms with Gasteiger partial charge in [-0.2, -0.15) is 4.98 Å². The molecule has 5 rings (SSSR count). The summed E-state index contributed by atoms with van der Waals surface area (Å²) >= 11 is 0. The Morgan fingerprint density at radius 3 is 1.36 bits per heavy atom. The monoisotopic (exact) mass is 291 g/mol. The Hall–Kier alpha value is -3.21. The number of benzene rings is 2. The Kier molecular flexibility index (Phi) is 2.16. The van der Waals surface area contributed by atoms with Crippen LogP contribution in [0.2, 0.25) is 0 Å². The van der Waals surface area contributed by atoms with Gasteiger partial charge in [0.1, 0.15) is 0 Å². The van der Waals surface area contributed by atoms with Crippen LogP contribution >= 0.6 is 0 Å². The Morgan fingerprint density at radius 1 is 0.500 bits per heavy atom. The van der Waals surface area contributed by atoms with Crippen LogP contribution in [0, 0.1) is 0 Å². The topological polar surface area (TPSA) is 65.5 Å². The fraction of sp³-hybridized carbons (Fsp3) is 0. The number of pyridine rings is 1. The van der Waals surface area contributed by atoms with Gasteiger partial charge in [0.25, 0.3) is 11.4 Å². The van der Waals surface area contributed by atoms with Crippen molar-refractivity contribution < 1.29 is 17.7 Å². The molecule has 2 aromatic carbocycles. The van der Waals surface area contributed by atoms with E-state index in [1.54, 1.807) is 6.07 Å². The molecule has 0 saturated heterocycles. The lowest BCUT2D eigenvalue weighted by atomic mass is 10.3. The van der Waals surface area contributed by atoms with Crippen LogP contribution in [0.15, 0.2) is 72.3 Å². The van der Waals surface area contributed by atoms with Crippen LogP contribution in [-0.2, 0) is 0 Å². The van der Waals surface area contributed by atoms with E-state index in [2.05, 4.69) is 4.98 Å². The maximum Gasteiger partial charge on any atom is 0.266 e. The predicted octanol–water partition coefficient (Wildman–Crippen LogP) is 5.19. The number of nitrogens with zero attached hydrogens (tertiary/aromatic N) is 1. The van der Waals surface area contributed by atoms with E-state index in [1.165, 1.54) is 0 Å². The first-order valence-electron chi connectivity index (χ1n) is 6.81. The lowest BCUT2D eigenvalue weighted by Gasteiger charge is -2.03. The maximum absolute atomic E-state index is 5.81. The average Bonchev–Trinajstić information content (AvgIpc) is 2.56. The third-order valence-electron chi connectivity index (χ3n) is 3.44. The molecule has 0 atom stereocenters. The van der Waals surface area contributed by atoms with Crippen molar-refractivity contribution in [2.24, 2.45) is 0 Å². The molecule has 0 spiro atoms. The standard InChI is InChI=1S/C17H9NO4/c1-3-7-12-10(5-1)19-14-9-15-17(18-16(14)21-12)22-13-8-4-2-6-11(13)20-15/h1-9H. The number of aromatic nitrogens is 1. The molecule has 0 radical (unpaired) electrons. The summed E-state index contributed by atoms with van der Waals surface area (Å²) in [6, 6.07) is 16.6. The van der Waals surface area contributed by atoms with Gasteiger partial charge in [0.15, 0.2) is 33.5 Å². The zero-order valence-corrected chi connectivity index (χ0v) is 11.3. The van der Waals surface area contributed by atoms with Gasteiger partial charge in [-0.25, -0.2) is 0 Å². The van der Waals surface area contributed by atoms with Gasteiger partial charge in [-0.05, 0) is 24.3 Å². The van der Waals surface area contributed by atoms with Gasteiger partial charge >= 0.3 is 0 Å². The molecule has 0 aliphatic heterocycles. The molecule has 5 heteroatoms. The predicted molar refractivity (Wildman–Crippen MR) is 81.0 cm³/mol. The van der Waals surface area contributed by atoms with E-state index in [-0.39, 0.29) is 0 Å². The summed E-state index contributed by atoms with van der Waals surface area (Å²) < 4.78 is 23.1. The lowest BCUT2D eigenvalue weighted by Crippen LogP contribution is -1.84. The number of hydrogen-bond acceptors (Lipinski definition) is 5. The van der Waals surface area contributed by atoms with Crippen molar-refractivity contribution in [3.8, 4) is 0 Å². The van der Waals surface area contributed by atoms with Crippen molar-refractivity contribution >= 4 is 44.9 Å². The van der Waals surface area contributed by atoms with Crippen molar-refractivity contribution in [2.45, 2.75) is 0 Å². The first kappa shape index (κ1) is 11.4. The molecule has 0 unspecified atom stereocenters. The molecular weight excluding hydrogens is 282 g/mol. The van der Waals surface area contributed by atoms with E-state index in [4.69, 9.17) is 17.7 Å². The molecule has 0 amide bonds. The summed E-state index contributed by atoms with van der Waals surface area (Å²) in [7, 11) is 0. The van der Waals surface area contributed by atoms with Crippen molar-refractivity contribution in [3.63, 3.8) is 0 Å². The van der Waals surface area contributed by atoms with E-state index >= 15 is 0 Å². The van der Waals surface area contributed by atoms with Crippen LogP contribution in [0.3, 0.4) is 0 Å². The third-order valence-corrected chi connectivity index (χ3v) is 3.44. The highest BCUT2D eigenvalue weighted by Gasteiger charge is 2.11. The van der Waals surface area contributed by atoms with Crippen molar-refractivity contribution in [1.82, 2.24) is 4.98 Å². The first-order chi connectivity index (χ1) is 10.9. The molecule has 3 heterocycles. The normalized spacial score (nSPS) is 11.6. The number of rotatable bonds is 0. The highest BCUT2D eigenvalue weighted by Crippen LogP contribution is 2.27. The molecule has 106 valence electrons. The largest absolute Gasteiger partial charge is 0.448 e. The van der Waals surface area contributed by atoms with Gasteiger partial charge in [-0.3, -0.25) is 0 Å². The Balaban J connectivity index is 1.93. The van der Waals surface area contributed by atoms with Gasteiger partial charge < -0.3 is 17.7 Å². The summed E-state index contributed by atoms with van der Waals surface area (Å²) in [4.78, 5) is 4.36. The second-order valence-electron chi connectivity index (χ2n) is 4.90. The zero-order chi connectivity index (χ0) is 14.5. The molecule has 3 aromatic heterocycles. The third kappa shape index (κ3) is 1.62. The van der Waals surface area contributed by atoms with Crippen molar-refractivity contribution in [2.75, 3.05) is 0 Å². The van der Waals surface area contributed by atoms with Crippen LogP contribution in [-0.4, -0.2) is 4.98 Å². The molecule has 0 aliphatic rings. The first-order valence-corrected chi connectivity index (χ1v) is 6.81. The van der Waals surface area contributed by atoms with Gasteiger partial charge in [0, 0.05) is 6.07 Å². The second-order valence-corrected chi connectivity index (χ2v) is 4.90. The summed E-state index contributed by atoms with van der Waals surface area (Å²) in [6.45, 7) is 0. The van der Waals surface area contributed by atoms with Crippen molar-refractivity contribution in [3.05, 3.63) is 54.6 Å². The van der Waals surface area contributed by atoms with Crippen LogP contribution < -0.4 is 0 Å². The lowest BCUT2D eigenvalue weighted by molar-refractivity contribution is 0.548. The SMILES string of the molecule is c1ccc2oc3nc4oc5ccccc5oc4cc3oc2c1. The van der Waals surface area contributed by atoms with Crippen LogP contribution in [0.5, 0.6) is 0 Å². The molecule has 0 N–H and O–H groups in total. The van der Waals surface area contributed by atoms with E-state index in [0.717, 1.165) is 0 Å². The minimum atomic E-state index is 0.362. The van der Waals surface area contributed by atoms with Crippen LogP contribution in [0.1, 0.15) is 0 Å². The van der Waals surface area contributed by atoms with Crippen LogP contribution in [0.4, 0.5) is 0 Å². The molecular formula is C17H9NO4. The number of hydrogen-bond donors (Lipinski definition) is 0. The van der Waals surface area contributed by atoms with Crippen molar-refractivity contribution in [1.29, 1.82) is 0 Å². The molecule has 0 aliphatic carbocycles. The zero-order valence-electron chi connectivity index (χ0n) is 11.3. The Bertz CT molecular complexity index is 1000. The van der Waals surface area contributed by atoms with Crippen LogP contribution in [0.25, 0.3) is 44.9 Å². The molecule has 5 nitrogen and oxygen atoms in total. The minimum absolute atomic E-state index is 0.362. The quantitative estimate of drug-likeness (QED) is 0.367. The minimum Gasteiger partial charge on any atom is -0.448 e. The van der Waals surface area contributed by atoms with E-state index in [0.29, 0.717) is 44.9 Å². The number of para-hydroxylation sites is 4. The highest BCUT2D eigenvalue weighted by molar-refractivity contribution is 5.86. The fourth-order valence-electron chi connectivity index (χ4n) is 2.42. The van der Waals surface area contributed by atoms with Gasteiger partial charge in [0.2, 0.25) is 0 Å². The smallest absolute Gasteiger partial charge is 0.266 e. The molecule has 5 aromatic rings. The summed E-state index contributed by atoms with van der Waals surface area (Å²) in [5, 5.41) is 0. The summed E-state index contributed by atoms with van der Waals surface area (Å²) in [6.07, 6.45) is 0. The number of fused-ring (bicyclic) bond motifs is 4. The summed E-state index contributed by atoms with van der Waals surface area (Å²) in [5.74, 6) is 0. The molecule has 0 fully saturated rings. The fourth-order valence-corrected chi connectivity index (χ4v) is 2.42. The van der Waals surface area contributed by atoms with E-state index in [9.17, 15) is 0 Å². The van der Waals surface area contributed by atoms with Gasteiger partial charge in [-0.1, -0.05) is 24.3 Å². The molecule has 0 saturated carbocycles. The molecule has 0 bridgehead atoms. The highest BCUT2D eigenvalue weighted by atomic mass is 16.4. The molecule has 22 heavy (non-hydrogen) atoms. The Labute approximate surface area is 123 Å². The Morgan fingerprint density at radius 2 is 0.909 bits per heavy atom. The van der Waals surface area contributed by atoms with E-state index < -0.39 is 0 Å². The maximum atomic E-state index is 5.81. The van der Waals surface area contributed by atoms with E-state index in [1.807, 2.05) is 48.5 Å². The van der Waals surface area contributed by atoms with Gasteiger partial charge in [0.05, 0.1) is 0 Å².